The maximum Gasteiger partial charge on any atom is 0.411 e. The molecule has 364 valence electrons. The number of amides is 1. The third kappa shape index (κ3) is 10.4. The van der Waals surface area contributed by atoms with Crippen molar-refractivity contribution in [3.8, 4) is 34.5 Å². The van der Waals surface area contributed by atoms with Crippen molar-refractivity contribution in [3.63, 3.8) is 0 Å². The van der Waals surface area contributed by atoms with Gasteiger partial charge in [-0.15, -0.1) is 5.54 Å². The van der Waals surface area contributed by atoms with Crippen molar-refractivity contribution in [2.45, 2.75) is 116 Å². The average molecular weight is 944 g/mol. The van der Waals surface area contributed by atoms with Crippen LogP contribution in [0.3, 0.4) is 0 Å². The molecule has 3 aliphatic rings. The molecule has 2 bridgehead atoms. The molecule has 2 unspecified atom stereocenters. The number of ether oxygens (including phenoxy) is 5. The van der Waals surface area contributed by atoms with Crippen LogP contribution in [0.15, 0.2) is 30.5 Å². The van der Waals surface area contributed by atoms with E-state index in [4.69, 9.17) is 38.6 Å². The predicted octanol–water partition coefficient (Wildman–Crippen LogP) is 9.20. The van der Waals surface area contributed by atoms with Gasteiger partial charge in [-0.2, -0.15) is 9.97 Å². The summed E-state index contributed by atoms with van der Waals surface area (Å²) in [5.74, 6) is 3.06. The van der Waals surface area contributed by atoms with Crippen molar-refractivity contribution in [3.05, 3.63) is 47.7 Å². The summed E-state index contributed by atoms with van der Waals surface area (Å²) < 4.78 is 63.8. The fourth-order valence-corrected chi connectivity index (χ4v) is 16.2. The number of aromatic nitrogens is 3. The molecule has 5 heterocycles. The molecule has 2 aromatic carbocycles. The lowest BCUT2D eigenvalue weighted by Crippen LogP contribution is -2.66. The molecule has 1 N–H and O–H groups in total. The van der Waals surface area contributed by atoms with Gasteiger partial charge in [0.1, 0.15) is 42.3 Å². The van der Waals surface area contributed by atoms with Gasteiger partial charge in [0.15, 0.2) is 12.6 Å². The van der Waals surface area contributed by atoms with E-state index in [2.05, 4.69) is 75.0 Å². The van der Waals surface area contributed by atoms with Crippen LogP contribution in [0, 0.1) is 29.0 Å². The average Bonchev–Trinajstić information content (AvgIpc) is 3.50. The Morgan fingerprint density at radius 3 is 2.36 bits per heavy atom. The van der Waals surface area contributed by atoms with E-state index in [1.165, 1.54) is 13.2 Å². The standard InChI is InChI=1S/C51H71F2N7O6Si/c1-32(2)67(33(3)4,34(5)6)22-16-39-42(52)14-13-36-23-38(65-31-63-12)24-40(43(36)39)45-44(53)46-41(25-55-45)47(57-48(56-46)64-28-35(7)26-58-20-18-54-19-21-58)59-27-37-15-17-51(29-59,30-62-11)60(37)49(61)66-50(8,9)10/h13-14,23-25,32-35,37,54H,15,17-21,26-31H2,1-12H3/t35-,37?,51?/m1/s1. The second kappa shape index (κ2) is 20.5. The van der Waals surface area contributed by atoms with Gasteiger partial charge < -0.3 is 38.8 Å². The molecule has 4 aromatic rings. The summed E-state index contributed by atoms with van der Waals surface area (Å²) in [6.07, 6.45) is 2.59. The Balaban J connectivity index is 1.40. The smallest absolute Gasteiger partial charge is 0.411 e. The number of halogens is 2. The van der Waals surface area contributed by atoms with Gasteiger partial charge >= 0.3 is 12.1 Å². The predicted molar refractivity (Wildman–Crippen MR) is 263 cm³/mol. The Labute approximate surface area is 396 Å². The van der Waals surface area contributed by atoms with Crippen LogP contribution in [-0.2, 0) is 14.2 Å². The topological polar surface area (TPSA) is 124 Å². The van der Waals surface area contributed by atoms with Crippen LogP contribution >= 0.6 is 0 Å². The highest BCUT2D eigenvalue weighted by Gasteiger charge is 2.55. The van der Waals surface area contributed by atoms with Gasteiger partial charge in [-0.25, -0.2) is 13.6 Å². The van der Waals surface area contributed by atoms with Crippen molar-refractivity contribution >= 4 is 41.7 Å². The maximum absolute atomic E-state index is 18.0. The first-order valence-electron chi connectivity index (χ1n) is 23.9. The monoisotopic (exact) mass is 944 g/mol. The van der Waals surface area contributed by atoms with E-state index in [0.717, 1.165) is 39.1 Å². The largest absolute Gasteiger partial charge is 0.468 e. The molecular formula is C51H71F2N7O6Si. The summed E-state index contributed by atoms with van der Waals surface area (Å²) in [6, 6.07) is 6.30. The first kappa shape index (κ1) is 50.2. The van der Waals surface area contributed by atoms with Gasteiger partial charge in [-0.3, -0.25) is 9.88 Å². The van der Waals surface area contributed by atoms with E-state index in [1.807, 2.05) is 25.7 Å². The molecule has 3 atom stereocenters. The molecule has 3 saturated heterocycles. The Morgan fingerprint density at radius 1 is 0.985 bits per heavy atom. The number of carbonyl (C=O) groups excluding carboxylic acids is 1. The third-order valence-electron chi connectivity index (χ3n) is 13.9. The number of nitrogens with one attached hydrogen (secondary N) is 1. The zero-order valence-electron chi connectivity index (χ0n) is 41.6. The van der Waals surface area contributed by atoms with Crippen LogP contribution < -0.4 is 19.7 Å². The Bertz CT molecular complexity index is 2460. The van der Waals surface area contributed by atoms with Crippen LogP contribution in [0.2, 0.25) is 16.6 Å². The number of methoxy groups -OCH3 is 2. The molecule has 3 fully saturated rings. The zero-order chi connectivity index (χ0) is 48.4. The summed E-state index contributed by atoms with van der Waals surface area (Å²) in [5, 5.41) is 4.79. The van der Waals surface area contributed by atoms with Crippen molar-refractivity contribution in [2.24, 2.45) is 5.92 Å². The van der Waals surface area contributed by atoms with E-state index in [0.29, 0.717) is 76.0 Å². The van der Waals surface area contributed by atoms with E-state index in [9.17, 15) is 4.79 Å². The van der Waals surface area contributed by atoms with Crippen molar-refractivity contribution in [1.82, 2.24) is 30.1 Å². The molecular weight excluding hydrogens is 873 g/mol. The minimum absolute atomic E-state index is 0.00582. The summed E-state index contributed by atoms with van der Waals surface area (Å²) in [6.45, 7) is 26.8. The highest BCUT2D eigenvalue weighted by molar-refractivity contribution is 6.90. The third-order valence-corrected chi connectivity index (χ3v) is 20.2. The number of fused-ring (bicyclic) bond motifs is 4. The lowest BCUT2D eigenvalue weighted by atomic mass is 9.95. The molecule has 2 aromatic heterocycles. The summed E-state index contributed by atoms with van der Waals surface area (Å²) >= 11 is 0. The van der Waals surface area contributed by atoms with Crippen molar-refractivity contribution in [2.75, 3.05) is 84.9 Å². The first-order chi connectivity index (χ1) is 31.8. The SMILES string of the molecule is COCOc1cc(-c2ncc3c(N4CC5CCC(COC)(C4)N5C(=O)OC(C)(C)C)nc(OC[C@H](C)CN4CCNCC4)nc3c2F)c2c(C#C[Si](C(C)C)(C(C)C)C(C)C)c(F)ccc2c1. The summed E-state index contributed by atoms with van der Waals surface area (Å²) in [7, 11) is 0.822. The van der Waals surface area contributed by atoms with Gasteiger partial charge in [-0.1, -0.05) is 60.5 Å². The minimum atomic E-state index is -2.33. The second-order valence-electron chi connectivity index (χ2n) is 20.7. The fourth-order valence-electron chi connectivity index (χ4n) is 11.0. The number of piperazine rings is 2. The van der Waals surface area contributed by atoms with E-state index in [1.54, 1.807) is 31.5 Å². The quantitative estimate of drug-likeness (QED) is 0.0695. The Kier molecular flexibility index (Phi) is 15.4. The Hall–Kier alpha value is -4.66. The lowest BCUT2D eigenvalue weighted by molar-refractivity contribution is -0.0261. The van der Waals surface area contributed by atoms with Crippen LogP contribution in [0.5, 0.6) is 11.8 Å². The molecule has 16 heteroatoms. The molecule has 3 aliphatic heterocycles. The first-order valence-corrected chi connectivity index (χ1v) is 26.2. The van der Waals surface area contributed by atoms with E-state index < -0.39 is 36.9 Å². The van der Waals surface area contributed by atoms with Crippen LogP contribution in [-0.4, -0.2) is 136 Å². The second-order valence-corrected chi connectivity index (χ2v) is 26.3. The molecule has 0 saturated carbocycles. The van der Waals surface area contributed by atoms with Crippen molar-refractivity contribution < 1.29 is 37.3 Å². The number of nitrogens with zero attached hydrogens (tertiary/aromatic N) is 6. The Morgan fingerprint density at radius 2 is 1.70 bits per heavy atom. The van der Waals surface area contributed by atoms with Crippen molar-refractivity contribution in [1.29, 1.82) is 0 Å². The number of anilines is 1. The molecule has 0 aliphatic carbocycles. The zero-order valence-corrected chi connectivity index (χ0v) is 42.6. The van der Waals surface area contributed by atoms with Crippen LogP contribution in [0.25, 0.3) is 32.9 Å². The molecule has 67 heavy (non-hydrogen) atoms. The van der Waals surface area contributed by atoms with Gasteiger partial charge in [0.05, 0.1) is 35.7 Å². The number of carbonyl (C=O) groups is 1. The van der Waals surface area contributed by atoms with Crippen LogP contribution in [0.1, 0.15) is 87.6 Å². The van der Waals surface area contributed by atoms with E-state index >= 15 is 8.78 Å². The minimum Gasteiger partial charge on any atom is -0.468 e. The normalized spacial score (nSPS) is 19.7. The van der Waals surface area contributed by atoms with Crippen LogP contribution in [0.4, 0.5) is 19.4 Å². The lowest BCUT2D eigenvalue weighted by Gasteiger charge is -2.49. The fraction of sp³-hybridized carbons (Fsp3) is 0.608. The summed E-state index contributed by atoms with van der Waals surface area (Å²) in [4.78, 5) is 34.8. The number of hydrogen-bond acceptors (Lipinski definition) is 12. The molecule has 0 radical (unpaired) electrons. The molecule has 0 spiro atoms. The summed E-state index contributed by atoms with van der Waals surface area (Å²) in [5.41, 5.74) is 3.60. The molecule has 7 rings (SSSR count). The number of rotatable bonds is 15. The highest BCUT2D eigenvalue weighted by atomic mass is 28.3. The van der Waals surface area contributed by atoms with Gasteiger partial charge in [0, 0.05) is 83.1 Å². The number of hydrogen-bond donors (Lipinski definition) is 1. The van der Waals surface area contributed by atoms with Gasteiger partial charge in [-0.05, 0) is 73.8 Å². The molecule has 1 amide bonds. The molecule has 13 nitrogen and oxygen atoms in total. The van der Waals surface area contributed by atoms with Gasteiger partial charge in [0.25, 0.3) is 0 Å². The number of benzene rings is 2. The highest BCUT2D eigenvalue weighted by Crippen LogP contribution is 2.45. The maximum atomic E-state index is 18.0. The van der Waals surface area contributed by atoms with E-state index in [-0.39, 0.29) is 48.1 Å². The number of pyridine rings is 1. The van der Waals surface area contributed by atoms with Gasteiger partial charge in [0.2, 0.25) is 0 Å².